The van der Waals surface area contributed by atoms with Crippen LogP contribution in [0.15, 0.2) is 30.3 Å². The Labute approximate surface area is 117 Å². The number of hydrogen-bond acceptors (Lipinski definition) is 3. The van der Waals surface area contributed by atoms with E-state index in [1.165, 1.54) is 7.05 Å². The lowest BCUT2D eigenvalue weighted by atomic mass is 9.98. The van der Waals surface area contributed by atoms with Crippen LogP contribution in [0.1, 0.15) is 18.4 Å². The summed E-state index contributed by atoms with van der Waals surface area (Å²) in [5.74, 6) is -1.39. The number of hydrogen-bond donors (Lipinski definition) is 3. The van der Waals surface area contributed by atoms with E-state index in [0.29, 0.717) is 5.56 Å². The summed E-state index contributed by atoms with van der Waals surface area (Å²) in [5, 5.41) is 5.05. The number of benzene rings is 1. The summed E-state index contributed by atoms with van der Waals surface area (Å²) in [6.45, 7) is 1.60. The molecule has 0 aliphatic rings. The van der Waals surface area contributed by atoms with Gasteiger partial charge in [0.25, 0.3) is 0 Å². The Kier molecular flexibility index (Phi) is 5.44. The highest BCUT2D eigenvalue weighted by molar-refractivity contribution is 7.80. The number of thiocarbonyl (C=S) groups is 1. The maximum Gasteiger partial charge on any atom is 0.242 e. The van der Waals surface area contributed by atoms with Crippen molar-refractivity contribution >= 4 is 29.0 Å². The molecular weight excluding hydrogens is 262 g/mol. The predicted molar refractivity (Wildman–Crippen MR) is 77.6 cm³/mol. The van der Waals surface area contributed by atoms with Crippen LogP contribution in [0, 0.1) is 0 Å². The summed E-state index contributed by atoms with van der Waals surface area (Å²) in [6.07, 6.45) is 0. The number of nitrogens with one attached hydrogen (secondary N) is 2. The Bertz CT molecular complexity index is 476. The smallest absolute Gasteiger partial charge is 0.242 e. The number of rotatable bonds is 5. The second-order valence-electron chi connectivity index (χ2n) is 4.09. The van der Waals surface area contributed by atoms with Crippen LogP contribution in [-0.4, -0.2) is 29.9 Å². The summed E-state index contributed by atoms with van der Waals surface area (Å²) in [4.78, 5) is 23.6. The van der Waals surface area contributed by atoms with Crippen LogP contribution >= 0.6 is 12.2 Å². The number of carbonyl (C=O) groups excluding carboxylic acids is 2. The molecule has 0 fully saturated rings. The lowest BCUT2D eigenvalue weighted by Crippen LogP contribution is -2.47. The van der Waals surface area contributed by atoms with Crippen molar-refractivity contribution in [1.82, 2.24) is 10.6 Å². The van der Waals surface area contributed by atoms with Gasteiger partial charge in [-0.2, -0.15) is 0 Å². The molecule has 0 spiro atoms. The third kappa shape index (κ3) is 4.03. The molecule has 4 N–H and O–H groups in total. The molecule has 5 nitrogen and oxygen atoms in total. The minimum atomic E-state index is -0.733. The summed E-state index contributed by atoms with van der Waals surface area (Å²) >= 11 is 4.94. The first-order valence-corrected chi connectivity index (χ1v) is 6.24. The van der Waals surface area contributed by atoms with E-state index in [1.807, 2.05) is 6.07 Å². The van der Waals surface area contributed by atoms with Crippen LogP contribution in [0.5, 0.6) is 0 Å². The van der Waals surface area contributed by atoms with Gasteiger partial charge in [0.1, 0.15) is 12.0 Å². The average Bonchev–Trinajstić information content (AvgIpc) is 2.38. The molecule has 1 aromatic rings. The summed E-state index contributed by atoms with van der Waals surface area (Å²) in [7, 11) is 1.51. The standard InChI is InChI=1S/C13H17N3O2S/c1-8(12(17)15-2)16-13(18)10(11(14)19)9-6-4-3-5-7-9/h3-8,10H,1-2H3,(H2,14,19)(H,15,17)(H,16,18). The summed E-state index contributed by atoms with van der Waals surface area (Å²) < 4.78 is 0. The molecule has 19 heavy (non-hydrogen) atoms. The zero-order chi connectivity index (χ0) is 14.4. The summed E-state index contributed by atoms with van der Waals surface area (Å²) in [5.41, 5.74) is 6.33. The molecule has 2 unspecified atom stereocenters. The topological polar surface area (TPSA) is 84.2 Å². The van der Waals surface area contributed by atoms with Crippen molar-refractivity contribution < 1.29 is 9.59 Å². The first kappa shape index (κ1) is 15.1. The van der Waals surface area contributed by atoms with Crippen molar-refractivity contribution in [3.63, 3.8) is 0 Å². The molecule has 2 atom stereocenters. The minimum absolute atomic E-state index is 0.0767. The quantitative estimate of drug-likeness (QED) is 0.677. The maximum atomic E-state index is 12.2. The van der Waals surface area contributed by atoms with Gasteiger partial charge in [0.2, 0.25) is 11.8 Å². The monoisotopic (exact) mass is 279 g/mol. The zero-order valence-corrected chi connectivity index (χ0v) is 11.7. The van der Waals surface area contributed by atoms with E-state index in [4.69, 9.17) is 18.0 Å². The van der Waals surface area contributed by atoms with E-state index < -0.39 is 12.0 Å². The molecule has 102 valence electrons. The van der Waals surface area contributed by atoms with Crippen molar-refractivity contribution in [3.05, 3.63) is 35.9 Å². The molecule has 0 bridgehead atoms. The zero-order valence-electron chi connectivity index (χ0n) is 10.8. The maximum absolute atomic E-state index is 12.2. The Balaban J connectivity index is 2.87. The van der Waals surface area contributed by atoms with E-state index in [0.717, 1.165) is 0 Å². The van der Waals surface area contributed by atoms with Crippen LogP contribution in [0.4, 0.5) is 0 Å². The molecule has 0 aromatic heterocycles. The van der Waals surface area contributed by atoms with Crippen LogP contribution in [0.2, 0.25) is 0 Å². The van der Waals surface area contributed by atoms with Crippen molar-refractivity contribution in [2.45, 2.75) is 18.9 Å². The van der Waals surface area contributed by atoms with Crippen LogP contribution < -0.4 is 16.4 Å². The SMILES string of the molecule is CNC(=O)C(C)NC(=O)C(C(N)=S)c1ccccc1. The van der Waals surface area contributed by atoms with Gasteiger partial charge in [0, 0.05) is 7.05 Å². The Morgan fingerprint density at radius 1 is 1.21 bits per heavy atom. The molecular formula is C13H17N3O2S. The van der Waals surface area contributed by atoms with Gasteiger partial charge >= 0.3 is 0 Å². The van der Waals surface area contributed by atoms with Gasteiger partial charge in [-0.15, -0.1) is 0 Å². The number of carbonyl (C=O) groups is 2. The predicted octanol–water partition coefficient (Wildman–Crippen LogP) is 0.307. The molecule has 0 saturated heterocycles. The first-order chi connectivity index (χ1) is 8.97. The van der Waals surface area contributed by atoms with E-state index in [9.17, 15) is 9.59 Å². The fraction of sp³-hybridized carbons (Fsp3) is 0.308. The Hall–Kier alpha value is -1.95. The van der Waals surface area contributed by atoms with Gasteiger partial charge in [-0.1, -0.05) is 42.5 Å². The van der Waals surface area contributed by atoms with Crippen molar-refractivity contribution in [2.75, 3.05) is 7.05 Å². The van der Waals surface area contributed by atoms with E-state index in [1.54, 1.807) is 31.2 Å². The lowest BCUT2D eigenvalue weighted by Gasteiger charge is -2.19. The third-order valence-corrected chi connectivity index (χ3v) is 2.91. The molecule has 1 aromatic carbocycles. The minimum Gasteiger partial charge on any atom is -0.392 e. The molecule has 1 rings (SSSR count). The second kappa shape index (κ2) is 6.84. The highest BCUT2D eigenvalue weighted by Gasteiger charge is 2.25. The molecule has 0 radical (unpaired) electrons. The molecule has 6 heteroatoms. The van der Waals surface area contributed by atoms with Gasteiger partial charge in [-0.3, -0.25) is 9.59 Å². The highest BCUT2D eigenvalue weighted by atomic mass is 32.1. The molecule has 0 heterocycles. The molecule has 0 aliphatic heterocycles. The summed E-state index contributed by atoms with van der Waals surface area (Å²) in [6, 6.07) is 8.34. The number of nitrogens with two attached hydrogens (primary N) is 1. The number of amides is 2. The lowest BCUT2D eigenvalue weighted by molar-refractivity contribution is -0.128. The van der Waals surface area contributed by atoms with Crippen LogP contribution in [0.25, 0.3) is 0 Å². The van der Waals surface area contributed by atoms with Gasteiger partial charge in [0.15, 0.2) is 0 Å². The Morgan fingerprint density at radius 2 is 1.79 bits per heavy atom. The van der Waals surface area contributed by atoms with E-state index in [-0.39, 0.29) is 16.8 Å². The largest absolute Gasteiger partial charge is 0.392 e. The van der Waals surface area contributed by atoms with Crippen molar-refractivity contribution in [3.8, 4) is 0 Å². The Morgan fingerprint density at radius 3 is 2.26 bits per heavy atom. The normalized spacial score (nSPS) is 13.2. The fourth-order valence-electron chi connectivity index (χ4n) is 1.67. The molecule has 0 saturated carbocycles. The van der Waals surface area contributed by atoms with Crippen molar-refractivity contribution in [1.29, 1.82) is 0 Å². The molecule has 2 amide bonds. The van der Waals surface area contributed by atoms with Crippen LogP contribution in [-0.2, 0) is 9.59 Å². The second-order valence-corrected chi connectivity index (χ2v) is 4.56. The molecule has 0 aliphatic carbocycles. The fourth-order valence-corrected chi connectivity index (χ4v) is 1.91. The van der Waals surface area contributed by atoms with Crippen molar-refractivity contribution in [2.24, 2.45) is 5.73 Å². The van der Waals surface area contributed by atoms with Crippen LogP contribution in [0.3, 0.4) is 0 Å². The van der Waals surface area contributed by atoms with Gasteiger partial charge < -0.3 is 16.4 Å². The van der Waals surface area contributed by atoms with Gasteiger partial charge in [-0.25, -0.2) is 0 Å². The number of likely N-dealkylation sites (N-methyl/N-ethyl adjacent to an activating group) is 1. The first-order valence-electron chi connectivity index (χ1n) is 5.83. The average molecular weight is 279 g/mol. The van der Waals surface area contributed by atoms with Gasteiger partial charge in [0.05, 0.1) is 4.99 Å². The van der Waals surface area contributed by atoms with Gasteiger partial charge in [-0.05, 0) is 12.5 Å². The van der Waals surface area contributed by atoms with E-state index >= 15 is 0 Å². The third-order valence-electron chi connectivity index (χ3n) is 2.68. The highest BCUT2D eigenvalue weighted by Crippen LogP contribution is 2.16. The van der Waals surface area contributed by atoms with E-state index in [2.05, 4.69) is 10.6 Å².